The van der Waals surface area contributed by atoms with Crippen LogP contribution in [0.3, 0.4) is 0 Å². The van der Waals surface area contributed by atoms with Crippen LogP contribution in [0.5, 0.6) is 17.2 Å². The first-order chi connectivity index (χ1) is 10.9. The number of rotatable bonds is 6. The van der Waals surface area contributed by atoms with Gasteiger partial charge in [-0.25, -0.2) is 8.42 Å². The van der Waals surface area contributed by atoms with Crippen LogP contribution in [-0.2, 0) is 15.6 Å². The van der Waals surface area contributed by atoms with Crippen molar-refractivity contribution in [1.29, 1.82) is 0 Å². The summed E-state index contributed by atoms with van der Waals surface area (Å²) in [6, 6.07) is 10.1. The summed E-state index contributed by atoms with van der Waals surface area (Å²) < 4.78 is 40.9. The average molecular weight is 336 g/mol. The van der Waals surface area contributed by atoms with Gasteiger partial charge >= 0.3 is 0 Å². The summed E-state index contributed by atoms with van der Waals surface area (Å²) in [6.07, 6.45) is 0. The molecule has 124 valence electrons. The van der Waals surface area contributed by atoms with Crippen LogP contribution >= 0.6 is 0 Å². The molecule has 0 saturated carbocycles. The molecule has 2 aromatic carbocycles. The van der Waals surface area contributed by atoms with Gasteiger partial charge < -0.3 is 14.2 Å². The molecule has 0 aliphatic heterocycles. The molecule has 0 amide bonds. The highest BCUT2D eigenvalue weighted by atomic mass is 32.2. The Morgan fingerprint density at radius 3 is 1.83 bits per heavy atom. The van der Waals surface area contributed by atoms with Crippen molar-refractivity contribution in [2.24, 2.45) is 0 Å². The molecule has 23 heavy (non-hydrogen) atoms. The monoisotopic (exact) mass is 336 g/mol. The zero-order valence-corrected chi connectivity index (χ0v) is 14.4. The van der Waals surface area contributed by atoms with Gasteiger partial charge in [0.15, 0.2) is 21.3 Å². The van der Waals surface area contributed by atoms with E-state index in [0.717, 1.165) is 5.56 Å². The van der Waals surface area contributed by atoms with Crippen LogP contribution in [0, 0.1) is 6.92 Å². The number of methoxy groups -OCH3 is 3. The zero-order valence-electron chi connectivity index (χ0n) is 13.6. The van der Waals surface area contributed by atoms with Gasteiger partial charge in [-0.2, -0.15) is 0 Å². The smallest absolute Gasteiger partial charge is 0.203 e. The Morgan fingerprint density at radius 2 is 1.39 bits per heavy atom. The molecule has 0 N–H and O–H groups in total. The molecule has 0 radical (unpaired) electrons. The third-order valence-electron chi connectivity index (χ3n) is 3.46. The van der Waals surface area contributed by atoms with Crippen LogP contribution in [0.1, 0.15) is 11.1 Å². The van der Waals surface area contributed by atoms with E-state index < -0.39 is 9.84 Å². The van der Waals surface area contributed by atoms with E-state index in [1.165, 1.54) is 21.3 Å². The molecule has 0 unspecified atom stereocenters. The normalized spacial score (nSPS) is 11.1. The Balaban J connectivity index is 2.41. The van der Waals surface area contributed by atoms with Crippen molar-refractivity contribution in [2.75, 3.05) is 21.3 Å². The Labute approximate surface area is 136 Å². The van der Waals surface area contributed by atoms with Gasteiger partial charge in [0.25, 0.3) is 0 Å². The van der Waals surface area contributed by atoms with Crippen molar-refractivity contribution in [2.45, 2.75) is 17.6 Å². The highest BCUT2D eigenvalue weighted by Crippen LogP contribution is 2.38. The average Bonchev–Trinajstić information content (AvgIpc) is 2.53. The number of ether oxygens (including phenoxy) is 3. The number of hydrogen-bond donors (Lipinski definition) is 0. The molecule has 2 aromatic rings. The van der Waals surface area contributed by atoms with E-state index in [4.69, 9.17) is 14.2 Å². The molecule has 0 aliphatic carbocycles. The van der Waals surface area contributed by atoms with Gasteiger partial charge in [-0.1, -0.05) is 17.7 Å². The molecule has 0 bridgehead atoms. The van der Waals surface area contributed by atoms with E-state index in [2.05, 4.69) is 0 Å². The Hall–Kier alpha value is -2.21. The summed E-state index contributed by atoms with van der Waals surface area (Å²) >= 11 is 0. The number of aryl methyl sites for hydroxylation is 1. The minimum absolute atomic E-state index is 0.146. The second-order valence-electron chi connectivity index (χ2n) is 5.11. The number of benzene rings is 2. The first-order valence-corrected chi connectivity index (χ1v) is 8.65. The van der Waals surface area contributed by atoms with Crippen LogP contribution in [0.15, 0.2) is 41.3 Å². The SMILES string of the molecule is COc1cc(CS(=O)(=O)c2ccc(C)cc2)cc(OC)c1OC. The van der Waals surface area contributed by atoms with Crippen molar-refractivity contribution < 1.29 is 22.6 Å². The van der Waals surface area contributed by atoms with E-state index in [0.29, 0.717) is 22.8 Å². The first-order valence-electron chi connectivity index (χ1n) is 6.99. The summed E-state index contributed by atoms with van der Waals surface area (Å²) in [6.45, 7) is 1.91. The molecule has 0 atom stereocenters. The number of hydrogen-bond acceptors (Lipinski definition) is 5. The lowest BCUT2D eigenvalue weighted by molar-refractivity contribution is 0.324. The van der Waals surface area contributed by atoms with E-state index in [1.807, 2.05) is 6.92 Å². The lowest BCUT2D eigenvalue weighted by atomic mass is 10.2. The molecule has 0 fully saturated rings. The van der Waals surface area contributed by atoms with Crippen LogP contribution < -0.4 is 14.2 Å². The third kappa shape index (κ3) is 3.76. The fraction of sp³-hybridized carbons (Fsp3) is 0.294. The molecule has 0 spiro atoms. The van der Waals surface area contributed by atoms with Crippen molar-refractivity contribution in [3.05, 3.63) is 47.5 Å². The molecule has 0 aromatic heterocycles. The van der Waals surface area contributed by atoms with E-state index >= 15 is 0 Å². The third-order valence-corrected chi connectivity index (χ3v) is 5.17. The largest absolute Gasteiger partial charge is 0.493 e. The Kier molecular flexibility index (Phi) is 5.15. The number of sulfone groups is 1. The van der Waals surface area contributed by atoms with Gasteiger partial charge in [-0.15, -0.1) is 0 Å². The van der Waals surface area contributed by atoms with E-state index in [1.54, 1.807) is 36.4 Å². The zero-order chi connectivity index (χ0) is 17.0. The van der Waals surface area contributed by atoms with Crippen LogP contribution in [0.4, 0.5) is 0 Å². The van der Waals surface area contributed by atoms with E-state index in [-0.39, 0.29) is 10.6 Å². The molecule has 0 heterocycles. The predicted octanol–water partition coefficient (Wildman–Crippen LogP) is 2.99. The molecule has 2 rings (SSSR count). The lowest BCUT2D eigenvalue weighted by Crippen LogP contribution is -2.06. The van der Waals surface area contributed by atoms with Crippen molar-refractivity contribution in [3.8, 4) is 17.2 Å². The molecular formula is C17H20O5S. The van der Waals surface area contributed by atoms with Gasteiger partial charge in [-0.3, -0.25) is 0 Å². The topological polar surface area (TPSA) is 61.8 Å². The van der Waals surface area contributed by atoms with E-state index in [9.17, 15) is 8.42 Å². The van der Waals surface area contributed by atoms with Gasteiger partial charge in [-0.05, 0) is 36.8 Å². The van der Waals surface area contributed by atoms with Crippen LogP contribution in [-0.4, -0.2) is 29.7 Å². The standard InChI is InChI=1S/C17H20O5S/c1-12-5-7-14(8-6-12)23(18,19)11-13-9-15(20-2)17(22-4)16(10-13)21-3/h5-10H,11H2,1-4H3. The minimum Gasteiger partial charge on any atom is -0.493 e. The Bertz CT molecular complexity index is 754. The minimum atomic E-state index is -3.45. The van der Waals surface area contributed by atoms with Crippen LogP contribution in [0.2, 0.25) is 0 Å². The van der Waals surface area contributed by atoms with Crippen molar-refractivity contribution in [3.63, 3.8) is 0 Å². The van der Waals surface area contributed by atoms with Gasteiger partial charge in [0.2, 0.25) is 5.75 Å². The molecule has 6 heteroatoms. The van der Waals surface area contributed by atoms with Crippen molar-refractivity contribution >= 4 is 9.84 Å². The maximum atomic E-state index is 12.6. The maximum Gasteiger partial charge on any atom is 0.203 e. The highest BCUT2D eigenvalue weighted by Gasteiger charge is 2.19. The van der Waals surface area contributed by atoms with Crippen LogP contribution in [0.25, 0.3) is 0 Å². The summed E-state index contributed by atoms with van der Waals surface area (Å²) in [4.78, 5) is 0.289. The van der Waals surface area contributed by atoms with Crippen molar-refractivity contribution in [1.82, 2.24) is 0 Å². The summed E-state index contributed by atoms with van der Waals surface area (Å²) in [5, 5.41) is 0. The molecule has 5 nitrogen and oxygen atoms in total. The lowest BCUT2D eigenvalue weighted by Gasteiger charge is -2.14. The quantitative estimate of drug-likeness (QED) is 0.811. The Morgan fingerprint density at radius 1 is 0.870 bits per heavy atom. The second kappa shape index (κ2) is 6.91. The second-order valence-corrected chi connectivity index (χ2v) is 7.10. The predicted molar refractivity (Wildman–Crippen MR) is 88.2 cm³/mol. The van der Waals surface area contributed by atoms with Gasteiger partial charge in [0, 0.05) is 0 Å². The van der Waals surface area contributed by atoms with Gasteiger partial charge in [0.05, 0.1) is 32.0 Å². The first kappa shape index (κ1) is 17.1. The maximum absolute atomic E-state index is 12.6. The molecule has 0 saturated heterocycles. The van der Waals surface area contributed by atoms with Gasteiger partial charge in [0.1, 0.15) is 0 Å². The fourth-order valence-corrected chi connectivity index (χ4v) is 3.59. The highest BCUT2D eigenvalue weighted by molar-refractivity contribution is 7.90. The molecule has 0 aliphatic rings. The molecular weight excluding hydrogens is 316 g/mol. The summed E-state index contributed by atoms with van der Waals surface area (Å²) in [7, 11) is 1.04. The summed E-state index contributed by atoms with van der Waals surface area (Å²) in [5.41, 5.74) is 1.58. The fourth-order valence-electron chi connectivity index (χ4n) is 2.27. The summed E-state index contributed by atoms with van der Waals surface area (Å²) in [5.74, 6) is 1.15.